The van der Waals surface area contributed by atoms with Crippen LogP contribution in [-0.4, -0.2) is 4.98 Å². The van der Waals surface area contributed by atoms with Crippen molar-refractivity contribution >= 4 is 10.9 Å². The van der Waals surface area contributed by atoms with E-state index in [1.807, 2.05) is 0 Å². The van der Waals surface area contributed by atoms with E-state index in [0.29, 0.717) is 5.92 Å². The molecule has 2 aromatic heterocycles. The van der Waals surface area contributed by atoms with Gasteiger partial charge in [0.25, 0.3) is 0 Å². The number of hydrogen-bond donors (Lipinski definition) is 0. The molecule has 0 atom stereocenters. The van der Waals surface area contributed by atoms with Crippen LogP contribution < -0.4 is 4.57 Å². The van der Waals surface area contributed by atoms with Crippen LogP contribution in [0.2, 0.25) is 0 Å². The second kappa shape index (κ2) is 6.35. The zero-order valence-corrected chi connectivity index (χ0v) is 15.6. The number of pyridine rings is 2. The van der Waals surface area contributed by atoms with Crippen LogP contribution in [0.15, 0.2) is 36.5 Å². The van der Waals surface area contributed by atoms with Crippen LogP contribution in [-0.2, 0) is 13.5 Å². The topological polar surface area (TPSA) is 16.8 Å². The van der Waals surface area contributed by atoms with Crippen molar-refractivity contribution < 1.29 is 4.57 Å². The lowest BCUT2D eigenvalue weighted by atomic mass is 9.96. The second-order valence-corrected chi connectivity index (χ2v) is 7.37. The van der Waals surface area contributed by atoms with E-state index in [1.165, 1.54) is 39.0 Å². The minimum absolute atomic E-state index is 0.610. The van der Waals surface area contributed by atoms with E-state index in [0.717, 1.165) is 11.9 Å². The average molecular weight is 319 g/mol. The summed E-state index contributed by atoms with van der Waals surface area (Å²) in [4.78, 5) is 5.03. The number of benzene rings is 1. The molecule has 0 spiro atoms. The molecule has 2 nitrogen and oxygen atoms in total. The van der Waals surface area contributed by atoms with Crippen molar-refractivity contribution in [2.45, 2.75) is 41.0 Å². The lowest BCUT2D eigenvalue weighted by molar-refractivity contribution is -0.659. The Balaban J connectivity index is 2.32. The highest BCUT2D eigenvalue weighted by atomic mass is 14.9. The molecular formula is C22H27N2+. The van der Waals surface area contributed by atoms with Crippen molar-refractivity contribution in [2.24, 2.45) is 13.0 Å². The Bertz CT molecular complexity index is 907. The lowest BCUT2D eigenvalue weighted by Crippen LogP contribution is -2.31. The standard InChI is InChI=1S/C22H27N2/c1-14(2)11-19-8-7-18-9-10-24(6)22(21(18)23-19)20-13-15(3)12-16(4)17(20)5/h7-10,12-14H,11H2,1-6H3/q+1. The summed E-state index contributed by atoms with van der Waals surface area (Å²) in [5.41, 5.74) is 8.74. The van der Waals surface area contributed by atoms with Crippen LogP contribution in [0.3, 0.4) is 0 Å². The first-order valence-electron chi connectivity index (χ1n) is 8.73. The van der Waals surface area contributed by atoms with E-state index < -0.39 is 0 Å². The fourth-order valence-electron chi connectivity index (χ4n) is 3.40. The molecule has 1 aromatic carbocycles. The molecule has 0 fully saturated rings. The quantitative estimate of drug-likeness (QED) is 0.631. The highest BCUT2D eigenvalue weighted by molar-refractivity contribution is 5.90. The summed E-state index contributed by atoms with van der Waals surface area (Å²) in [6.45, 7) is 11.0. The number of fused-ring (bicyclic) bond motifs is 1. The molecule has 0 radical (unpaired) electrons. The minimum Gasteiger partial charge on any atom is -0.246 e. The maximum Gasteiger partial charge on any atom is 0.239 e. The summed E-state index contributed by atoms with van der Waals surface area (Å²) >= 11 is 0. The molecule has 124 valence electrons. The van der Waals surface area contributed by atoms with Crippen LogP contribution in [0.25, 0.3) is 22.2 Å². The Morgan fingerprint density at radius 3 is 2.50 bits per heavy atom. The maximum atomic E-state index is 5.03. The Morgan fingerprint density at radius 2 is 1.79 bits per heavy atom. The number of aryl methyl sites for hydroxylation is 3. The zero-order valence-electron chi connectivity index (χ0n) is 15.6. The molecule has 0 aliphatic rings. The molecule has 3 rings (SSSR count). The third-order valence-electron chi connectivity index (χ3n) is 4.72. The van der Waals surface area contributed by atoms with Gasteiger partial charge in [0, 0.05) is 17.1 Å². The molecule has 24 heavy (non-hydrogen) atoms. The average Bonchev–Trinajstić information content (AvgIpc) is 2.50. The molecular weight excluding hydrogens is 292 g/mol. The van der Waals surface area contributed by atoms with Gasteiger partial charge in [0.2, 0.25) is 5.69 Å². The van der Waals surface area contributed by atoms with Gasteiger partial charge in [0.1, 0.15) is 12.6 Å². The monoisotopic (exact) mass is 319 g/mol. The molecule has 2 heterocycles. The molecule has 3 aromatic rings. The van der Waals surface area contributed by atoms with Gasteiger partial charge in [0.15, 0.2) is 6.20 Å². The summed E-state index contributed by atoms with van der Waals surface area (Å²) in [6.07, 6.45) is 3.15. The van der Waals surface area contributed by atoms with Gasteiger partial charge >= 0.3 is 0 Å². The summed E-state index contributed by atoms with van der Waals surface area (Å²) in [5.74, 6) is 0.610. The molecule has 0 saturated carbocycles. The second-order valence-electron chi connectivity index (χ2n) is 7.37. The number of hydrogen-bond acceptors (Lipinski definition) is 1. The van der Waals surface area contributed by atoms with E-state index >= 15 is 0 Å². The molecule has 2 heteroatoms. The van der Waals surface area contributed by atoms with E-state index in [2.05, 4.69) is 82.8 Å². The minimum atomic E-state index is 0.610. The molecule has 0 N–H and O–H groups in total. The SMILES string of the molecule is Cc1cc(C)c(C)c(-c2c3nc(CC(C)C)ccc3cc[n+]2C)c1. The van der Waals surface area contributed by atoms with E-state index in [-0.39, 0.29) is 0 Å². The van der Waals surface area contributed by atoms with Crippen molar-refractivity contribution in [3.63, 3.8) is 0 Å². The van der Waals surface area contributed by atoms with E-state index in [1.54, 1.807) is 0 Å². The largest absolute Gasteiger partial charge is 0.246 e. The van der Waals surface area contributed by atoms with Gasteiger partial charge in [-0.2, -0.15) is 4.57 Å². The third kappa shape index (κ3) is 3.06. The molecule has 0 saturated heterocycles. The molecule has 0 aliphatic carbocycles. The number of rotatable bonds is 3. The predicted octanol–water partition coefficient (Wildman–Crippen LogP) is 4.85. The third-order valence-corrected chi connectivity index (χ3v) is 4.72. The van der Waals surface area contributed by atoms with Crippen molar-refractivity contribution in [2.75, 3.05) is 0 Å². The van der Waals surface area contributed by atoms with Crippen molar-refractivity contribution in [3.8, 4) is 11.3 Å². The highest BCUT2D eigenvalue weighted by Gasteiger charge is 2.20. The highest BCUT2D eigenvalue weighted by Crippen LogP contribution is 2.29. The van der Waals surface area contributed by atoms with Gasteiger partial charge in [-0.3, -0.25) is 0 Å². The van der Waals surface area contributed by atoms with Crippen LogP contribution in [0.1, 0.15) is 36.2 Å². The van der Waals surface area contributed by atoms with Crippen LogP contribution in [0.4, 0.5) is 0 Å². The van der Waals surface area contributed by atoms with Crippen LogP contribution >= 0.6 is 0 Å². The smallest absolute Gasteiger partial charge is 0.239 e. The fourth-order valence-corrected chi connectivity index (χ4v) is 3.40. The number of nitrogens with zero attached hydrogens (tertiary/aromatic N) is 2. The Morgan fingerprint density at radius 1 is 1.04 bits per heavy atom. The summed E-state index contributed by atoms with van der Waals surface area (Å²) in [5, 5.41) is 1.20. The first kappa shape index (κ1) is 16.6. The number of aromatic nitrogens is 2. The van der Waals surface area contributed by atoms with Gasteiger partial charge in [-0.05, 0) is 56.4 Å². The normalized spacial score (nSPS) is 11.5. The Kier molecular flexibility index (Phi) is 4.40. The fraction of sp³-hybridized carbons (Fsp3) is 0.364. The van der Waals surface area contributed by atoms with Crippen molar-refractivity contribution in [3.05, 3.63) is 58.9 Å². The van der Waals surface area contributed by atoms with E-state index in [4.69, 9.17) is 4.98 Å². The molecule has 0 bridgehead atoms. The predicted molar refractivity (Wildman–Crippen MR) is 101 cm³/mol. The van der Waals surface area contributed by atoms with Gasteiger partial charge in [0.05, 0.1) is 5.56 Å². The van der Waals surface area contributed by atoms with Crippen molar-refractivity contribution in [1.82, 2.24) is 4.98 Å². The van der Waals surface area contributed by atoms with Crippen molar-refractivity contribution in [1.29, 1.82) is 0 Å². The first-order valence-corrected chi connectivity index (χ1v) is 8.73. The summed E-state index contributed by atoms with van der Waals surface area (Å²) in [7, 11) is 2.11. The van der Waals surface area contributed by atoms with Crippen LogP contribution in [0.5, 0.6) is 0 Å². The first-order chi connectivity index (χ1) is 11.4. The zero-order chi connectivity index (χ0) is 17.4. The Labute approximate surface area is 145 Å². The van der Waals surface area contributed by atoms with Gasteiger partial charge in [-0.15, -0.1) is 0 Å². The molecule has 0 amide bonds. The Hall–Kier alpha value is -2.22. The van der Waals surface area contributed by atoms with Gasteiger partial charge in [-0.25, -0.2) is 4.98 Å². The van der Waals surface area contributed by atoms with Gasteiger partial charge < -0.3 is 0 Å². The lowest BCUT2D eigenvalue weighted by Gasteiger charge is -2.12. The molecule has 0 unspecified atom stereocenters. The van der Waals surface area contributed by atoms with E-state index in [9.17, 15) is 0 Å². The van der Waals surface area contributed by atoms with Crippen LogP contribution in [0, 0.1) is 26.7 Å². The maximum absolute atomic E-state index is 5.03. The molecule has 0 aliphatic heterocycles. The summed E-state index contributed by atoms with van der Waals surface area (Å²) in [6, 6.07) is 11.1. The summed E-state index contributed by atoms with van der Waals surface area (Å²) < 4.78 is 2.20. The van der Waals surface area contributed by atoms with Gasteiger partial charge in [-0.1, -0.05) is 31.5 Å².